The van der Waals surface area contributed by atoms with Gasteiger partial charge in [-0.1, -0.05) is 0 Å². The molecule has 1 atom stereocenters. The van der Waals surface area contributed by atoms with Crippen LogP contribution in [0, 0.1) is 0 Å². The summed E-state index contributed by atoms with van der Waals surface area (Å²) in [6.07, 6.45) is 0. The summed E-state index contributed by atoms with van der Waals surface area (Å²) in [5, 5.41) is 3.20. The molecule has 25 heavy (non-hydrogen) atoms. The molecule has 2 aliphatic rings. The van der Waals surface area contributed by atoms with Gasteiger partial charge in [0.15, 0.2) is 0 Å². The lowest BCUT2D eigenvalue weighted by Crippen LogP contribution is -2.52. The number of rotatable bonds is 4. The number of hydrogen-bond donors (Lipinski definition) is 1. The van der Waals surface area contributed by atoms with Gasteiger partial charge in [0, 0.05) is 38.3 Å². The number of carbonyl (C=O) groups is 2. The van der Waals surface area contributed by atoms with Crippen LogP contribution in [0.3, 0.4) is 0 Å². The van der Waals surface area contributed by atoms with Gasteiger partial charge in [0.1, 0.15) is 4.90 Å². The largest absolute Gasteiger partial charge is 0.383 e. The van der Waals surface area contributed by atoms with Gasteiger partial charge in [-0.15, -0.1) is 0 Å². The van der Waals surface area contributed by atoms with Crippen LogP contribution in [0.1, 0.15) is 27.6 Å². The topological polar surface area (TPSA) is 96.0 Å². The van der Waals surface area contributed by atoms with Crippen molar-refractivity contribution >= 4 is 21.8 Å². The number of methoxy groups -OCH3 is 1. The molecule has 8 nitrogen and oxygen atoms in total. The Kier molecular flexibility index (Phi) is 4.81. The number of benzene rings is 1. The Labute approximate surface area is 146 Å². The standard InChI is InChI=1S/C16H21N3O5S/c1-11-10-17-5-6-18(11)15(20)12-3-4-13-14(9-12)25(22,23)19(16(13)21)7-8-24-2/h3-4,9,11,17H,5-8,10H2,1-2H3/t11-/m1/s1. The Balaban J connectivity index is 1.93. The Morgan fingerprint density at radius 2 is 2.16 bits per heavy atom. The molecule has 0 bridgehead atoms. The van der Waals surface area contributed by atoms with Crippen LogP contribution in [-0.4, -0.2) is 75.4 Å². The number of nitrogens with one attached hydrogen (secondary N) is 1. The van der Waals surface area contributed by atoms with Gasteiger partial charge in [0.2, 0.25) is 0 Å². The van der Waals surface area contributed by atoms with E-state index >= 15 is 0 Å². The molecule has 0 unspecified atom stereocenters. The summed E-state index contributed by atoms with van der Waals surface area (Å²) in [6.45, 7) is 3.95. The van der Waals surface area contributed by atoms with Gasteiger partial charge in [0.25, 0.3) is 21.8 Å². The molecule has 0 spiro atoms. The molecule has 9 heteroatoms. The summed E-state index contributed by atoms with van der Waals surface area (Å²) in [5.74, 6) is -0.809. The predicted octanol–water partition coefficient (Wildman–Crippen LogP) is -0.0886. The number of hydrogen-bond acceptors (Lipinski definition) is 6. The van der Waals surface area contributed by atoms with Gasteiger partial charge in [-0.05, 0) is 25.1 Å². The van der Waals surface area contributed by atoms with Crippen LogP contribution < -0.4 is 5.32 Å². The van der Waals surface area contributed by atoms with Crippen molar-refractivity contribution in [2.45, 2.75) is 17.9 Å². The van der Waals surface area contributed by atoms with E-state index in [2.05, 4.69) is 5.32 Å². The van der Waals surface area contributed by atoms with Crippen LogP contribution >= 0.6 is 0 Å². The molecule has 1 aromatic carbocycles. The van der Waals surface area contributed by atoms with E-state index < -0.39 is 15.9 Å². The highest BCUT2D eigenvalue weighted by atomic mass is 32.2. The van der Waals surface area contributed by atoms with Crippen molar-refractivity contribution in [3.63, 3.8) is 0 Å². The van der Waals surface area contributed by atoms with Crippen molar-refractivity contribution in [2.75, 3.05) is 39.9 Å². The molecule has 1 fully saturated rings. The third-order valence-electron chi connectivity index (χ3n) is 4.51. The second kappa shape index (κ2) is 6.74. The molecule has 0 aliphatic carbocycles. The van der Waals surface area contributed by atoms with E-state index in [9.17, 15) is 18.0 Å². The Hall–Kier alpha value is -1.97. The molecular formula is C16H21N3O5S. The van der Waals surface area contributed by atoms with E-state index in [1.54, 1.807) is 4.90 Å². The van der Waals surface area contributed by atoms with Crippen LogP contribution in [0.25, 0.3) is 0 Å². The number of sulfonamides is 1. The van der Waals surface area contributed by atoms with E-state index in [1.165, 1.54) is 25.3 Å². The number of amides is 2. The summed E-state index contributed by atoms with van der Waals surface area (Å²) in [5.41, 5.74) is 0.374. The SMILES string of the molecule is COCCN1C(=O)c2ccc(C(=O)N3CCNC[C@H]3C)cc2S1(=O)=O. The van der Waals surface area contributed by atoms with E-state index in [0.29, 0.717) is 19.6 Å². The first-order chi connectivity index (χ1) is 11.9. The van der Waals surface area contributed by atoms with E-state index in [4.69, 9.17) is 4.74 Å². The van der Waals surface area contributed by atoms with Gasteiger partial charge in [-0.3, -0.25) is 9.59 Å². The fraction of sp³-hybridized carbons (Fsp3) is 0.500. The average Bonchev–Trinajstić information content (AvgIpc) is 2.79. The quantitative estimate of drug-likeness (QED) is 0.799. The van der Waals surface area contributed by atoms with Gasteiger partial charge in [-0.25, -0.2) is 12.7 Å². The molecule has 2 aliphatic heterocycles. The molecule has 3 rings (SSSR count). The smallest absolute Gasteiger partial charge is 0.269 e. The third kappa shape index (κ3) is 3.03. The van der Waals surface area contributed by atoms with Crippen LogP contribution in [0.4, 0.5) is 0 Å². The van der Waals surface area contributed by atoms with Crippen molar-refractivity contribution in [1.82, 2.24) is 14.5 Å². The summed E-state index contributed by atoms with van der Waals surface area (Å²) in [4.78, 5) is 26.7. The maximum absolute atomic E-state index is 12.7. The zero-order valence-electron chi connectivity index (χ0n) is 14.2. The molecular weight excluding hydrogens is 346 g/mol. The molecule has 0 radical (unpaired) electrons. The molecule has 1 N–H and O–H groups in total. The van der Waals surface area contributed by atoms with Crippen molar-refractivity contribution in [3.8, 4) is 0 Å². The first kappa shape index (κ1) is 17.8. The zero-order chi connectivity index (χ0) is 18.2. The van der Waals surface area contributed by atoms with Crippen molar-refractivity contribution < 1.29 is 22.7 Å². The Morgan fingerprint density at radius 3 is 2.84 bits per heavy atom. The monoisotopic (exact) mass is 367 g/mol. The minimum Gasteiger partial charge on any atom is -0.383 e. The lowest BCUT2D eigenvalue weighted by atomic mass is 10.1. The third-order valence-corrected chi connectivity index (χ3v) is 6.34. The van der Waals surface area contributed by atoms with Gasteiger partial charge in [0.05, 0.1) is 18.7 Å². The number of fused-ring (bicyclic) bond motifs is 1. The fourth-order valence-electron chi connectivity index (χ4n) is 3.11. The van der Waals surface area contributed by atoms with Gasteiger partial charge < -0.3 is 15.0 Å². The number of ether oxygens (including phenoxy) is 1. The van der Waals surface area contributed by atoms with Gasteiger partial charge in [-0.2, -0.15) is 0 Å². The first-order valence-electron chi connectivity index (χ1n) is 8.09. The highest BCUT2D eigenvalue weighted by molar-refractivity contribution is 7.90. The van der Waals surface area contributed by atoms with Crippen molar-refractivity contribution in [2.24, 2.45) is 0 Å². The molecule has 2 heterocycles. The van der Waals surface area contributed by atoms with Crippen molar-refractivity contribution in [1.29, 1.82) is 0 Å². The fourth-order valence-corrected chi connectivity index (χ4v) is 4.69. The normalized spacial score (nSPS) is 22.2. The Morgan fingerprint density at radius 1 is 1.40 bits per heavy atom. The average molecular weight is 367 g/mol. The number of carbonyl (C=O) groups excluding carboxylic acids is 2. The maximum Gasteiger partial charge on any atom is 0.269 e. The predicted molar refractivity (Wildman–Crippen MR) is 89.9 cm³/mol. The van der Waals surface area contributed by atoms with E-state index in [0.717, 1.165) is 4.31 Å². The molecule has 0 saturated carbocycles. The molecule has 1 saturated heterocycles. The van der Waals surface area contributed by atoms with Crippen LogP contribution in [-0.2, 0) is 14.8 Å². The zero-order valence-corrected chi connectivity index (χ0v) is 15.0. The highest BCUT2D eigenvalue weighted by Gasteiger charge is 2.41. The Bertz CT molecular complexity index is 808. The van der Waals surface area contributed by atoms with Crippen molar-refractivity contribution in [3.05, 3.63) is 29.3 Å². The van der Waals surface area contributed by atoms with Crippen LogP contribution in [0.2, 0.25) is 0 Å². The minimum absolute atomic E-state index is 0.0194. The highest BCUT2D eigenvalue weighted by Crippen LogP contribution is 2.31. The van der Waals surface area contributed by atoms with Gasteiger partial charge >= 0.3 is 0 Å². The van der Waals surface area contributed by atoms with Crippen LogP contribution in [0.15, 0.2) is 23.1 Å². The maximum atomic E-state index is 12.7. The molecule has 0 aromatic heterocycles. The lowest BCUT2D eigenvalue weighted by Gasteiger charge is -2.34. The molecule has 1 aromatic rings. The second-order valence-corrected chi connectivity index (χ2v) is 7.97. The summed E-state index contributed by atoms with van der Waals surface area (Å²) in [6, 6.07) is 4.27. The summed E-state index contributed by atoms with van der Waals surface area (Å²) in [7, 11) is -2.51. The van der Waals surface area contributed by atoms with E-state index in [-0.39, 0.29) is 41.1 Å². The van der Waals surface area contributed by atoms with E-state index in [1.807, 2.05) is 6.92 Å². The number of nitrogens with zero attached hydrogens (tertiary/aromatic N) is 2. The second-order valence-electron chi connectivity index (χ2n) is 6.14. The van der Waals surface area contributed by atoms with Crippen LogP contribution in [0.5, 0.6) is 0 Å². The molecule has 2 amide bonds. The summed E-state index contributed by atoms with van der Waals surface area (Å²) < 4.78 is 30.9. The molecule has 136 valence electrons. The summed E-state index contributed by atoms with van der Waals surface area (Å²) >= 11 is 0. The number of piperazine rings is 1. The lowest BCUT2D eigenvalue weighted by molar-refractivity contribution is 0.0655. The first-order valence-corrected chi connectivity index (χ1v) is 9.53. The minimum atomic E-state index is -3.95.